The Kier molecular flexibility index (Phi) is 12.9. The molecule has 0 aliphatic carbocycles. The maximum atomic E-state index is 15.1. The van der Waals surface area contributed by atoms with Crippen LogP contribution in [0.4, 0.5) is 10.1 Å². The summed E-state index contributed by atoms with van der Waals surface area (Å²) < 4.78 is 15.1. The summed E-state index contributed by atoms with van der Waals surface area (Å²) in [6.07, 6.45) is 0.504. The maximum Gasteiger partial charge on any atom is 0.241 e. The fourth-order valence-corrected chi connectivity index (χ4v) is 4.74. The summed E-state index contributed by atoms with van der Waals surface area (Å²) in [6.45, 7) is 7.78. The molecule has 1 unspecified atom stereocenters. The van der Waals surface area contributed by atoms with E-state index in [0.717, 1.165) is 22.6 Å². The zero-order valence-electron chi connectivity index (χ0n) is 24.8. The van der Waals surface area contributed by atoms with Crippen LogP contribution < -0.4 is 10.6 Å². The van der Waals surface area contributed by atoms with Gasteiger partial charge >= 0.3 is 0 Å². The lowest BCUT2D eigenvalue weighted by Crippen LogP contribution is -2.57. The molecule has 3 N–H and O–H groups in total. The molecule has 13 heteroatoms. The average molecular weight is 568 g/mol. The highest BCUT2D eigenvalue weighted by atomic mass is 19.1. The van der Waals surface area contributed by atoms with E-state index in [1.807, 2.05) is 19.1 Å². The molecule has 2 amide bonds. The first kappa shape index (κ1) is 35.2. The Morgan fingerprint density at radius 3 is 2.36 bits per heavy atom. The van der Waals surface area contributed by atoms with Crippen molar-refractivity contribution in [3.63, 3.8) is 0 Å². The average Bonchev–Trinajstić information content (AvgIpc) is 2.92. The van der Waals surface area contributed by atoms with Gasteiger partial charge in [-0.25, -0.2) is 4.39 Å². The molecule has 2 aromatic rings. The molecular weight excluding hydrogens is 531 g/mol. The van der Waals surface area contributed by atoms with E-state index in [4.69, 9.17) is 31.4 Å². The first-order valence-electron chi connectivity index (χ1n) is 13.7. The SMILES string of the molecule is [B]C([B])(C=O)C([B])([B])C(C(=O)NC)N(C=O)Cc1c(C)cccc1NCc1ccc(CN(CCO)CC(C)C)cc1F. The topological polar surface area (TPSA) is 102 Å². The number of likely N-dealkylation sites (N-methyl/N-ethyl adjacent to an activating group) is 1. The van der Waals surface area contributed by atoms with Gasteiger partial charge in [-0.2, -0.15) is 0 Å². The fraction of sp³-hybridized carbons (Fsp3) is 0.483. The van der Waals surface area contributed by atoms with Gasteiger partial charge < -0.3 is 25.4 Å². The number of anilines is 1. The van der Waals surface area contributed by atoms with Crippen LogP contribution in [0.1, 0.15) is 36.1 Å². The molecule has 0 saturated heterocycles. The number of aldehydes is 1. The van der Waals surface area contributed by atoms with Crippen molar-refractivity contribution < 1.29 is 23.9 Å². The lowest BCUT2D eigenvalue weighted by Gasteiger charge is -2.48. The van der Waals surface area contributed by atoms with Gasteiger partial charge in [-0.15, -0.1) is 0 Å². The molecule has 0 bridgehead atoms. The van der Waals surface area contributed by atoms with Crippen molar-refractivity contribution >= 4 is 55.7 Å². The molecule has 2 rings (SSSR count). The number of aliphatic hydroxyl groups is 1. The minimum atomic E-state index is -2.34. The van der Waals surface area contributed by atoms with E-state index in [2.05, 4.69) is 29.4 Å². The van der Waals surface area contributed by atoms with Gasteiger partial charge in [0.05, 0.1) is 38.0 Å². The summed E-state index contributed by atoms with van der Waals surface area (Å²) in [5.74, 6) is -0.756. The number of nitrogens with one attached hydrogen (secondary N) is 2. The van der Waals surface area contributed by atoms with Crippen molar-refractivity contribution in [2.75, 3.05) is 32.1 Å². The zero-order chi connectivity index (χ0) is 31.7. The molecule has 0 aliphatic rings. The van der Waals surface area contributed by atoms with Gasteiger partial charge in [-0.1, -0.05) is 48.5 Å². The molecule has 1 atom stereocenters. The Labute approximate surface area is 253 Å². The van der Waals surface area contributed by atoms with E-state index in [0.29, 0.717) is 42.2 Å². The second-order valence-corrected chi connectivity index (χ2v) is 11.0. The molecule has 0 heterocycles. The Bertz CT molecular complexity index is 1230. The number of hydrogen-bond acceptors (Lipinski definition) is 6. The zero-order valence-corrected chi connectivity index (χ0v) is 24.8. The van der Waals surface area contributed by atoms with Crippen LogP contribution in [-0.4, -0.2) is 97.7 Å². The molecular formula is C29H37B4FN4O4. The minimum absolute atomic E-state index is 0.0232. The van der Waals surface area contributed by atoms with Crippen LogP contribution in [0.3, 0.4) is 0 Å². The Morgan fingerprint density at radius 2 is 1.81 bits per heavy atom. The van der Waals surface area contributed by atoms with E-state index in [1.165, 1.54) is 13.1 Å². The van der Waals surface area contributed by atoms with Gasteiger partial charge in [0.1, 0.15) is 18.1 Å². The predicted molar refractivity (Wildman–Crippen MR) is 166 cm³/mol. The quantitative estimate of drug-likeness (QED) is 0.197. The number of aliphatic hydroxyl groups excluding tert-OH is 1. The number of rotatable bonds is 17. The third kappa shape index (κ3) is 8.74. The summed E-state index contributed by atoms with van der Waals surface area (Å²) in [5, 5.41) is 10.3. The van der Waals surface area contributed by atoms with Crippen molar-refractivity contribution in [3.05, 3.63) is 64.5 Å². The van der Waals surface area contributed by atoms with E-state index in [1.54, 1.807) is 18.2 Å². The summed E-state index contributed by atoms with van der Waals surface area (Å²) in [4.78, 5) is 39.8. The Morgan fingerprint density at radius 1 is 1.12 bits per heavy atom. The number of aryl methyl sites for hydroxylation is 1. The van der Waals surface area contributed by atoms with Crippen LogP contribution in [0.5, 0.6) is 0 Å². The number of halogens is 1. The van der Waals surface area contributed by atoms with Crippen molar-refractivity contribution in [3.8, 4) is 0 Å². The lowest BCUT2D eigenvalue weighted by atomic mass is 9.28. The second kappa shape index (κ2) is 15.4. The normalized spacial score (nSPS) is 12.7. The Balaban J connectivity index is 2.32. The molecule has 0 fully saturated rings. The first-order valence-corrected chi connectivity index (χ1v) is 13.7. The van der Waals surface area contributed by atoms with E-state index >= 15 is 4.39 Å². The number of benzene rings is 2. The van der Waals surface area contributed by atoms with Gasteiger partial charge in [0.15, 0.2) is 0 Å². The molecule has 0 aliphatic heterocycles. The largest absolute Gasteiger partial charge is 0.395 e. The molecule has 216 valence electrons. The number of hydrogen-bond donors (Lipinski definition) is 3. The van der Waals surface area contributed by atoms with Crippen LogP contribution in [0, 0.1) is 18.7 Å². The Hall–Kier alpha value is -3.04. The third-order valence-electron chi connectivity index (χ3n) is 7.14. The predicted octanol–water partition coefficient (Wildman–Crippen LogP) is 1.37. The highest BCUT2D eigenvalue weighted by molar-refractivity contribution is 6.60. The molecule has 0 aromatic heterocycles. The monoisotopic (exact) mass is 568 g/mol. The molecule has 8 radical (unpaired) electrons. The molecule has 42 heavy (non-hydrogen) atoms. The van der Waals surface area contributed by atoms with E-state index < -0.39 is 22.4 Å². The van der Waals surface area contributed by atoms with E-state index in [9.17, 15) is 19.5 Å². The van der Waals surface area contributed by atoms with Crippen molar-refractivity contribution in [2.24, 2.45) is 5.92 Å². The highest BCUT2D eigenvalue weighted by Gasteiger charge is 2.46. The van der Waals surface area contributed by atoms with Crippen LogP contribution >= 0.6 is 0 Å². The van der Waals surface area contributed by atoms with Gasteiger partial charge in [0.25, 0.3) is 0 Å². The van der Waals surface area contributed by atoms with Crippen molar-refractivity contribution in [2.45, 2.75) is 56.9 Å². The summed E-state index contributed by atoms with van der Waals surface area (Å²) >= 11 is 0. The second-order valence-electron chi connectivity index (χ2n) is 11.0. The van der Waals surface area contributed by atoms with Crippen molar-refractivity contribution in [1.29, 1.82) is 0 Å². The smallest absolute Gasteiger partial charge is 0.241 e. The third-order valence-corrected chi connectivity index (χ3v) is 7.14. The van der Waals surface area contributed by atoms with Crippen LogP contribution in [0.2, 0.25) is 10.4 Å². The number of nitrogens with zero attached hydrogens (tertiary/aromatic N) is 2. The summed E-state index contributed by atoms with van der Waals surface area (Å²) in [6, 6.07) is 8.79. The van der Waals surface area contributed by atoms with Crippen LogP contribution in [-0.2, 0) is 34.0 Å². The molecule has 0 spiro atoms. The van der Waals surface area contributed by atoms with Crippen LogP contribution in [0.15, 0.2) is 36.4 Å². The summed E-state index contributed by atoms with van der Waals surface area (Å²) in [7, 11) is 25.2. The summed E-state index contributed by atoms with van der Waals surface area (Å²) in [5.41, 5.74) is 3.15. The minimum Gasteiger partial charge on any atom is -0.395 e. The van der Waals surface area contributed by atoms with Gasteiger partial charge in [0, 0.05) is 51.0 Å². The highest BCUT2D eigenvalue weighted by Crippen LogP contribution is 2.45. The first-order chi connectivity index (χ1) is 19.7. The lowest BCUT2D eigenvalue weighted by molar-refractivity contribution is -0.134. The standard InChI is InChI=1S/C29H37B4FN4O4/c1-19(2)14-37(10-11-39)15-21-8-9-22(24(34)12-21)13-36-25-7-5-6-20(3)23(25)16-38(18-41)26(27(42)35-4)29(32,33)28(30,31)17-40/h5-9,12,17-19,26,36,39H,10-11,13-16H2,1-4H3,(H,35,42). The van der Waals surface area contributed by atoms with Gasteiger partial charge in [-0.3, -0.25) is 14.5 Å². The van der Waals surface area contributed by atoms with Gasteiger partial charge in [0.2, 0.25) is 12.3 Å². The molecule has 0 saturated carbocycles. The maximum absolute atomic E-state index is 15.1. The number of carbonyl (C=O) groups is 3. The fourth-order valence-electron chi connectivity index (χ4n) is 4.74. The van der Waals surface area contributed by atoms with Gasteiger partial charge in [-0.05, 0) is 41.7 Å². The van der Waals surface area contributed by atoms with Crippen molar-refractivity contribution in [1.82, 2.24) is 15.1 Å². The number of carbonyl (C=O) groups excluding carboxylic acids is 3. The number of amides is 2. The van der Waals surface area contributed by atoms with Crippen LogP contribution in [0.25, 0.3) is 0 Å². The molecule has 8 nitrogen and oxygen atoms in total. The molecule has 2 aromatic carbocycles. The van der Waals surface area contributed by atoms with E-state index in [-0.39, 0.29) is 31.8 Å².